The molecule has 100 valence electrons. The zero-order chi connectivity index (χ0) is 13.4. The maximum absolute atomic E-state index is 12.2. The van der Waals surface area contributed by atoms with Crippen LogP contribution >= 0.6 is 11.6 Å². The van der Waals surface area contributed by atoms with Crippen LogP contribution < -0.4 is 0 Å². The second kappa shape index (κ2) is 8.02. The van der Waals surface area contributed by atoms with Crippen molar-refractivity contribution in [1.82, 2.24) is 9.88 Å². The minimum Gasteiger partial charge on any atom is -0.383 e. The van der Waals surface area contributed by atoms with Gasteiger partial charge in [-0.3, -0.25) is 4.79 Å². The second-order valence-electron chi connectivity index (χ2n) is 3.65. The average molecular weight is 273 g/mol. The van der Waals surface area contributed by atoms with Crippen LogP contribution in [0, 0.1) is 0 Å². The van der Waals surface area contributed by atoms with Crippen molar-refractivity contribution >= 4 is 17.5 Å². The van der Waals surface area contributed by atoms with Gasteiger partial charge in [-0.15, -0.1) is 0 Å². The molecule has 0 unspecified atom stereocenters. The van der Waals surface area contributed by atoms with Crippen LogP contribution in [-0.4, -0.2) is 56.3 Å². The first kappa shape index (κ1) is 14.9. The van der Waals surface area contributed by atoms with Gasteiger partial charge < -0.3 is 14.4 Å². The van der Waals surface area contributed by atoms with Crippen molar-refractivity contribution in [1.29, 1.82) is 0 Å². The van der Waals surface area contributed by atoms with E-state index < -0.39 is 0 Å². The third-order valence-electron chi connectivity index (χ3n) is 2.39. The number of aromatic nitrogens is 1. The first-order valence-corrected chi connectivity index (χ1v) is 5.95. The lowest BCUT2D eigenvalue weighted by Crippen LogP contribution is -2.36. The van der Waals surface area contributed by atoms with Crippen LogP contribution in [0.25, 0.3) is 0 Å². The van der Waals surface area contributed by atoms with Crippen molar-refractivity contribution in [3.05, 3.63) is 29.0 Å². The largest absolute Gasteiger partial charge is 0.383 e. The van der Waals surface area contributed by atoms with Crippen molar-refractivity contribution in [3.63, 3.8) is 0 Å². The summed E-state index contributed by atoms with van der Waals surface area (Å²) < 4.78 is 9.97. The summed E-state index contributed by atoms with van der Waals surface area (Å²) in [5.41, 5.74) is 0.506. The van der Waals surface area contributed by atoms with E-state index >= 15 is 0 Å². The number of halogens is 1. The predicted octanol–water partition coefficient (Wildman–Crippen LogP) is 1.47. The number of rotatable bonds is 7. The summed E-state index contributed by atoms with van der Waals surface area (Å²) in [5.74, 6) is -0.103. The minimum absolute atomic E-state index is 0.103. The maximum atomic E-state index is 12.2. The number of nitrogens with zero attached hydrogens (tertiary/aromatic N) is 2. The molecule has 0 saturated heterocycles. The van der Waals surface area contributed by atoms with Crippen molar-refractivity contribution in [2.24, 2.45) is 0 Å². The summed E-state index contributed by atoms with van der Waals surface area (Å²) in [7, 11) is 3.20. The number of amides is 1. The van der Waals surface area contributed by atoms with E-state index in [1.54, 1.807) is 31.3 Å². The Morgan fingerprint density at radius 3 is 2.33 bits per heavy atom. The molecular formula is C12H17ClN2O3. The van der Waals surface area contributed by atoms with E-state index in [1.165, 1.54) is 6.20 Å². The molecule has 0 radical (unpaired) electrons. The number of methoxy groups -OCH3 is 2. The number of pyridine rings is 1. The van der Waals surface area contributed by atoms with Gasteiger partial charge in [0.05, 0.1) is 18.8 Å². The fraction of sp³-hybridized carbons (Fsp3) is 0.500. The first-order chi connectivity index (χ1) is 8.69. The van der Waals surface area contributed by atoms with Gasteiger partial charge in [0.1, 0.15) is 5.15 Å². The van der Waals surface area contributed by atoms with Gasteiger partial charge in [-0.25, -0.2) is 4.98 Å². The third-order valence-corrected chi connectivity index (χ3v) is 2.62. The lowest BCUT2D eigenvalue weighted by atomic mass is 10.2. The highest BCUT2D eigenvalue weighted by Gasteiger charge is 2.15. The van der Waals surface area contributed by atoms with Crippen molar-refractivity contribution < 1.29 is 14.3 Å². The van der Waals surface area contributed by atoms with E-state index in [2.05, 4.69) is 4.98 Å². The molecule has 0 atom stereocenters. The Balaban J connectivity index is 2.70. The summed E-state index contributed by atoms with van der Waals surface area (Å²) in [4.78, 5) is 17.8. The van der Waals surface area contributed by atoms with E-state index in [-0.39, 0.29) is 5.91 Å². The molecule has 1 amide bonds. The van der Waals surface area contributed by atoms with Crippen molar-refractivity contribution in [3.8, 4) is 0 Å². The highest BCUT2D eigenvalue weighted by Crippen LogP contribution is 2.08. The molecule has 0 saturated carbocycles. The average Bonchev–Trinajstić information content (AvgIpc) is 2.39. The van der Waals surface area contributed by atoms with Crippen LogP contribution in [0.4, 0.5) is 0 Å². The normalized spacial score (nSPS) is 10.4. The summed E-state index contributed by atoms with van der Waals surface area (Å²) in [5, 5.41) is 0.367. The number of hydrogen-bond acceptors (Lipinski definition) is 4. The molecular weight excluding hydrogens is 256 g/mol. The van der Waals surface area contributed by atoms with Crippen LogP contribution in [0.15, 0.2) is 18.3 Å². The SMILES string of the molecule is COCCN(CCOC)C(=O)c1ccc(Cl)nc1. The van der Waals surface area contributed by atoms with E-state index in [4.69, 9.17) is 21.1 Å². The van der Waals surface area contributed by atoms with Gasteiger partial charge in [0.25, 0.3) is 5.91 Å². The first-order valence-electron chi connectivity index (χ1n) is 5.57. The maximum Gasteiger partial charge on any atom is 0.255 e. The Bertz CT molecular complexity index is 362. The molecule has 18 heavy (non-hydrogen) atoms. The van der Waals surface area contributed by atoms with Crippen LogP contribution in [0.5, 0.6) is 0 Å². The predicted molar refractivity (Wildman–Crippen MR) is 68.9 cm³/mol. The molecule has 1 aromatic heterocycles. The molecule has 0 aliphatic carbocycles. The standard InChI is InChI=1S/C12H17ClN2O3/c1-17-7-5-15(6-8-18-2)12(16)10-3-4-11(13)14-9-10/h3-4,9H,5-8H2,1-2H3. The molecule has 1 aromatic rings. The number of carbonyl (C=O) groups excluding carboxylic acids is 1. The molecule has 6 heteroatoms. The Kier molecular flexibility index (Phi) is 6.64. The fourth-order valence-corrected chi connectivity index (χ4v) is 1.51. The molecule has 0 aliphatic heterocycles. The number of hydrogen-bond donors (Lipinski definition) is 0. The fourth-order valence-electron chi connectivity index (χ4n) is 1.40. The van der Waals surface area contributed by atoms with Crippen LogP contribution in [0.3, 0.4) is 0 Å². The number of ether oxygens (including phenoxy) is 2. The van der Waals surface area contributed by atoms with Gasteiger partial charge in [0.2, 0.25) is 0 Å². The van der Waals surface area contributed by atoms with E-state index in [1.807, 2.05) is 0 Å². The van der Waals surface area contributed by atoms with Gasteiger partial charge in [-0.1, -0.05) is 11.6 Å². The Morgan fingerprint density at radius 2 is 1.89 bits per heavy atom. The van der Waals surface area contributed by atoms with Crippen LogP contribution in [-0.2, 0) is 9.47 Å². The lowest BCUT2D eigenvalue weighted by molar-refractivity contribution is 0.0627. The van der Waals surface area contributed by atoms with Gasteiger partial charge in [-0.2, -0.15) is 0 Å². The lowest BCUT2D eigenvalue weighted by Gasteiger charge is -2.21. The third kappa shape index (κ3) is 4.60. The zero-order valence-corrected chi connectivity index (χ0v) is 11.3. The Hall–Kier alpha value is -1.17. The summed E-state index contributed by atoms with van der Waals surface area (Å²) in [6.45, 7) is 2.00. The molecule has 0 aliphatic rings. The van der Waals surface area contributed by atoms with Gasteiger partial charge in [0, 0.05) is 33.5 Å². The molecule has 1 heterocycles. The van der Waals surface area contributed by atoms with Crippen molar-refractivity contribution in [2.45, 2.75) is 0 Å². The molecule has 0 fully saturated rings. The second-order valence-corrected chi connectivity index (χ2v) is 4.03. The highest BCUT2D eigenvalue weighted by molar-refractivity contribution is 6.29. The zero-order valence-electron chi connectivity index (χ0n) is 10.6. The molecule has 0 N–H and O–H groups in total. The highest BCUT2D eigenvalue weighted by atomic mass is 35.5. The minimum atomic E-state index is -0.103. The van der Waals surface area contributed by atoms with Crippen molar-refractivity contribution in [2.75, 3.05) is 40.5 Å². The van der Waals surface area contributed by atoms with Crippen LogP contribution in [0.1, 0.15) is 10.4 Å². The van der Waals surface area contributed by atoms with Gasteiger partial charge >= 0.3 is 0 Å². The summed E-state index contributed by atoms with van der Waals surface area (Å²) >= 11 is 5.69. The molecule has 5 nitrogen and oxygen atoms in total. The molecule has 0 aromatic carbocycles. The summed E-state index contributed by atoms with van der Waals surface area (Å²) in [6.07, 6.45) is 1.47. The number of carbonyl (C=O) groups is 1. The Morgan fingerprint density at radius 1 is 1.28 bits per heavy atom. The van der Waals surface area contributed by atoms with Gasteiger partial charge in [0.15, 0.2) is 0 Å². The quantitative estimate of drug-likeness (QED) is 0.706. The molecule has 1 rings (SSSR count). The molecule has 0 spiro atoms. The molecule has 0 bridgehead atoms. The smallest absolute Gasteiger partial charge is 0.255 e. The topological polar surface area (TPSA) is 51.7 Å². The monoisotopic (exact) mass is 272 g/mol. The van der Waals surface area contributed by atoms with E-state index in [0.717, 1.165) is 0 Å². The van der Waals surface area contributed by atoms with Crippen LogP contribution in [0.2, 0.25) is 5.15 Å². The van der Waals surface area contributed by atoms with E-state index in [0.29, 0.717) is 37.0 Å². The van der Waals surface area contributed by atoms with Gasteiger partial charge in [-0.05, 0) is 12.1 Å². The van der Waals surface area contributed by atoms with E-state index in [9.17, 15) is 4.79 Å². The summed E-state index contributed by atoms with van der Waals surface area (Å²) in [6, 6.07) is 3.25. The Labute approximate surface area is 112 Å².